The van der Waals surface area contributed by atoms with Crippen LogP contribution in [0.4, 0.5) is 8.78 Å². The highest BCUT2D eigenvalue weighted by molar-refractivity contribution is 5.55. The van der Waals surface area contributed by atoms with Crippen LogP contribution in [-0.2, 0) is 6.61 Å². The maximum atomic E-state index is 13.5. The van der Waals surface area contributed by atoms with E-state index in [1.54, 1.807) is 31.4 Å². The average molecular weight is 318 g/mol. The van der Waals surface area contributed by atoms with E-state index in [4.69, 9.17) is 14.0 Å². The Bertz CT molecular complexity index is 803. The van der Waals surface area contributed by atoms with Crippen molar-refractivity contribution < 1.29 is 22.8 Å². The van der Waals surface area contributed by atoms with Gasteiger partial charge >= 0.3 is 0 Å². The highest BCUT2D eigenvalue weighted by Gasteiger charge is 2.11. The molecule has 7 heteroatoms. The molecule has 0 amide bonds. The van der Waals surface area contributed by atoms with Crippen LogP contribution in [0, 0.1) is 11.6 Å². The SMILES string of the molecule is COc1ccc(-c2noc(COc3ccc(F)cc3F)n2)cc1. The van der Waals surface area contributed by atoms with Gasteiger partial charge in [-0.1, -0.05) is 5.16 Å². The third-order valence-corrected chi connectivity index (χ3v) is 3.06. The maximum Gasteiger partial charge on any atom is 0.264 e. The summed E-state index contributed by atoms with van der Waals surface area (Å²) in [6.07, 6.45) is 0. The monoisotopic (exact) mass is 318 g/mol. The Morgan fingerprint density at radius 1 is 1.09 bits per heavy atom. The number of halogens is 2. The second-order valence-corrected chi connectivity index (χ2v) is 4.60. The Hall–Kier alpha value is -2.96. The highest BCUT2D eigenvalue weighted by Crippen LogP contribution is 2.21. The van der Waals surface area contributed by atoms with Crippen molar-refractivity contribution >= 4 is 0 Å². The smallest absolute Gasteiger partial charge is 0.264 e. The molecule has 0 bridgehead atoms. The molecule has 0 unspecified atom stereocenters. The van der Waals surface area contributed by atoms with E-state index in [0.29, 0.717) is 11.6 Å². The fourth-order valence-electron chi connectivity index (χ4n) is 1.90. The minimum Gasteiger partial charge on any atom is -0.497 e. The first kappa shape index (κ1) is 15.0. The lowest BCUT2D eigenvalue weighted by Crippen LogP contribution is -1.98. The molecular weight excluding hydrogens is 306 g/mol. The van der Waals surface area contributed by atoms with E-state index in [1.807, 2.05) is 0 Å². The number of hydrogen-bond acceptors (Lipinski definition) is 5. The molecule has 0 N–H and O–H groups in total. The molecule has 0 atom stereocenters. The fraction of sp³-hybridized carbons (Fsp3) is 0.125. The molecule has 1 heterocycles. The van der Waals surface area contributed by atoms with Gasteiger partial charge in [-0.2, -0.15) is 4.98 Å². The van der Waals surface area contributed by atoms with Crippen molar-refractivity contribution in [2.75, 3.05) is 7.11 Å². The van der Waals surface area contributed by atoms with E-state index in [2.05, 4.69) is 10.1 Å². The zero-order valence-electron chi connectivity index (χ0n) is 12.1. The van der Waals surface area contributed by atoms with Crippen LogP contribution in [-0.4, -0.2) is 17.3 Å². The molecule has 0 fully saturated rings. The normalized spacial score (nSPS) is 10.6. The van der Waals surface area contributed by atoms with Crippen LogP contribution in [0.2, 0.25) is 0 Å². The van der Waals surface area contributed by atoms with Crippen LogP contribution in [0.15, 0.2) is 47.0 Å². The third kappa shape index (κ3) is 3.45. The molecule has 3 rings (SSSR count). The molecule has 0 aliphatic rings. The highest BCUT2D eigenvalue weighted by atomic mass is 19.1. The first-order chi connectivity index (χ1) is 11.2. The summed E-state index contributed by atoms with van der Waals surface area (Å²) in [6, 6.07) is 10.2. The topological polar surface area (TPSA) is 57.4 Å². The van der Waals surface area contributed by atoms with Crippen molar-refractivity contribution in [3.05, 3.63) is 60.0 Å². The lowest BCUT2D eigenvalue weighted by molar-refractivity contribution is 0.234. The Kier molecular flexibility index (Phi) is 4.18. The molecule has 0 aliphatic carbocycles. The second kappa shape index (κ2) is 6.43. The first-order valence-corrected chi connectivity index (χ1v) is 6.70. The molecule has 0 aliphatic heterocycles. The molecule has 5 nitrogen and oxygen atoms in total. The molecule has 0 spiro atoms. The van der Waals surface area contributed by atoms with Crippen LogP contribution < -0.4 is 9.47 Å². The molecule has 3 aromatic rings. The summed E-state index contributed by atoms with van der Waals surface area (Å²) in [5, 5.41) is 3.83. The summed E-state index contributed by atoms with van der Waals surface area (Å²) in [7, 11) is 1.58. The van der Waals surface area contributed by atoms with Gasteiger partial charge < -0.3 is 14.0 Å². The minimum absolute atomic E-state index is 0.0874. The van der Waals surface area contributed by atoms with Gasteiger partial charge in [-0.15, -0.1) is 0 Å². The van der Waals surface area contributed by atoms with Crippen molar-refractivity contribution in [2.45, 2.75) is 6.61 Å². The van der Waals surface area contributed by atoms with Gasteiger partial charge in [0.25, 0.3) is 5.89 Å². The van der Waals surface area contributed by atoms with Gasteiger partial charge in [0.05, 0.1) is 7.11 Å². The van der Waals surface area contributed by atoms with Crippen LogP contribution in [0.3, 0.4) is 0 Å². The number of ether oxygens (including phenoxy) is 2. The minimum atomic E-state index is -0.792. The largest absolute Gasteiger partial charge is 0.497 e. The molecule has 1 aromatic heterocycles. The molecule has 23 heavy (non-hydrogen) atoms. The number of rotatable bonds is 5. The lowest BCUT2D eigenvalue weighted by atomic mass is 10.2. The van der Waals surface area contributed by atoms with Gasteiger partial charge in [0.2, 0.25) is 5.82 Å². The molecule has 2 aromatic carbocycles. The van der Waals surface area contributed by atoms with E-state index in [-0.39, 0.29) is 18.2 Å². The van der Waals surface area contributed by atoms with E-state index in [0.717, 1.165) is 17.7 Å². The van der Waals surface area contributed by atoms with Crippen LogP contribution in [0.25, 0.3) is 11.4 Å². The number of aromatic nitrogens is 2. The fourth-order valence-corrected chi connectivity index (χ4v) is 1.90. The maximum absolute atomic E-state index is 13.5. The van der Waals surface area contributed by atoms with Crippen molar-refractivity contribution in [3.63, 3.8) is 0 Å². The summed E-state index contributed by atoms with van der Waals surface area (Å²) in [5.74, 6) is -0.275. The second-order valence-electron chi connectivity index (χ2n) is 4.60. The standard InChI is InChI=1S/C16H12F2N2O3/c1-21-12-5-2-10(3-6-12)16-19-15(23-20-16)9-22-14-7-4-11(17)8-13(14)18/h2-8H,9H2,1H3. The van der Waals surface area contributed by atoms with E-state index < -0.39 is 11.6 Å². The zero-order chi connectivity index (χ0) is 16.2. The average Bonchev–Trinajstić information content (AvgIpc) is 3.03. The van der Waals surface area contributed by atoms with Gasteiger partial charge in [0, 0.05) is 11.6 Å². The molecular formula is C16H12F2N2O3. The summed E-state index contributed by atoms with van der Waals surface area (Å²) in [6.45, 7) is -0.119. The van der Waals surface area contributed by atoms with Gasteiger partial charge in [0.1, 0.15) is 11.6 Å². The number of hydrogen-bond donors (Lipinski definition) is 0. The Morgan fingerprint density at radius 3 is 2.57 bits per heavy atom. The van der Waals surface area contributed by atoms with E-state index >= 15 is 0 Å². The lowest BCUT2D eigenvalue weighted by Gasteiger charge is -2.03. The molecule has 0 saturated heterocycles. The summed E-state index contributed by atoms with van der Waals surface area (Å²) < 4.78 is 41.6. The molecule has 0 saturated carbocycles. The molecule has 118 valence electrons. The van der Waals surface area contributed by atoms with Crippen LogP contribution >= 0.6 is 0 Å². The number of nitrogens with zero attached hydrogens (tertiary/aromatic N) is 2. The Morgan fingerprint density at radius 2 is 1.87 bits per heavy atom. The first-order valence-electron chi connectivity index (χ1n) is 6.70. The van der Waals surface area contributed by atoms with Crippen molar-refractivity contribution in [2.24, 2.45) is 0 Å². The predicted octanol–water partition coefficient (Wildman–Crippen LogP) is 3.60. The predicted molar refractivity (Wildman–Crippen MR) is 77.0 cm³/mol. The van der Waals surface area contributed by atoms with Gasteiger partial charge in [-0.25, -0.2) is 8.78 Å². The Balaban J connectivity index is 1.69. The van der Waals surface area contributed by atoms with Gasteiger partial charge in [-0.05, 0) is 36.4 Å². The van der Waals surface area contributed by atoms with E-state index in [9.17, 15) is 8.78 Å². The van der Waals surface area contributed by atoms with Crippen molar-refractivity contribution in [1.29, 1.82) is 0 Å². The number of benzene rings is 2. The van der Waals surface area contributed by atoms with Crippen LogP contribution in [0.1, 0.15) is 5.89 Å². The van der Waals surface area contributed by atoms with Crippen LogP contribution in [0.5, 0.6) is 11.5 Å². The van der Waals surface area contributed by atoms with Gasteiger partial charge in [0.15, 0.2) is 18.2 Å². The number of methoxy groups -OCH3 is 1. The molecule has 0 radical (unpaired) electrons. The summed E-state index contributed by atoms with van der Waals surface area (Å²) in [4.78, 5) is 4.16. The Labute approximate surface area is 130 Å². The summed E-state index contributed by atoms with van der Waals surface area (Å²) >= 11 is 0. The zero-order valence-corrected chi connectivity index (χ0v) is 12.1. The van der Waals surface area contributed by atoms with Crippen molar-refractivity contribution in [1.82, 2.24) is 10.1 Å². The quantitative estimate of drug-likeness (QED) is 0.719. The van der Waals surface area contributed by atoms with E-state index in [1.165, 1.54) is 6.07 Å². The third-order valence-electron chi connectivity index (χ3n) is 3.06. The van der Waals surface area contributed by atoms with Crippen molar-refractivity contribution in [3.8, 4) is 22.9 Å². The van der Waals surface area contributed by atoms with Gasteiger partial charge in [-0.3, -0.25) is 0 Å². The summed E-state index contributed by atoms with van der Waals surface area (Å²) in [5.41, 5.74) is 0.744.